The first-order valence-electron chi connectivity index (χ1n) is 6.44. The Hall–Kier alpha value is -1.55. The molecule has 0 unspecified atom stereocenters. The van der Waals surface area contributed by atoms with Crippen LogP contribution in [-0.4, -0.2) is 18.5 Å². The van der Waals surface area contributed by atoms with Crippen LogP contribution >= 0.6 is 11.6 Å². The van der Waals surface area contributed by atoms with E-state index in [1.54, 1.807) is 25.1 Å². The van der Waals surface area contributed by atoms with E-state index in [0.29, 0.717) is 17.2 Å². The van der Waals surface area contributed by atoms with Crippen molar-refractivity contribution in [2.24, 2.45) is 5.41 Å². The van der Waals surface area contributed by atoms with Crippen molar-refractivity contribution in [1.29, 1.82) is 0 Å². The predicted molar refractivity (Wildman–Crippen MR) is 76.9 cm³/mol. The van der Waals surface area contributed by atoms with Crippen LogP contribution in [0.4, 0.5) is 0 Å². The van der Waals surface area contributed by atoms with E-state index in [1.165, 1.54) is 13.8 Å². The molecule has 0 aromatic heterocycles. The van der Waals surface area contributed by atoms with Gasteiger partial charge in [-0.3, -0.25) is 9.59 Å². The lowest BCUT2D eigenvalue weighted by atomic mass is 9.94. The maximum Gasteiger partial charge on any atom is 0.328 e. The smallest absolute Gasteiger partial charge is 0.328 e. The molecule has 20 heavy (non-hydrogen) atoms. The number of esters is 2. The Bertz CT molecular complexity index is 509. The summed E-state index contributed by atoms with van der Waals surface area (Å²) in [5, 5.41) is 0.589. The van der Waals surface area contributed by atoms with Gasteiger partial charge in [0, 0.05) is 5.02 Å². The number of hydrogen-bond donors (Lipinski definition) is 0. The molecule has 5 heteroatoms. The minimum Gasteiger partial charge on any atom is -0.465 e. The molecule has 0 amide bonds. The van der Waals surface area contributed by atoms with Crippen LogP contribution in [0.5, 0.6) is 5.75 Å². The van der Waals surface area contributed by atoms with Gasteiger partial charge in [0.15, 0.2) is 5.41 Å². The average molecular weight is 299 g/mol. The van der Waals surface area contributed by atoms with Gasteiger partial charge in [-0.25, -0.2) is 0 Å². The molecule has 1 aromatic carbocycles. The quantitative estimate of drug-likeness (QED) is 0.474. The normalized spacial score (nSPS) is 11.1. The van der Waals surface area contributed by atoms with E-state index in [-0.39, 0.29) is 6.61 Å². The Morgan fingerprint density at radius 3 is 2.45 bits per heavy atom. The maximum atomic E-state index is 12.1. The molecule has 0 fully saturated rings. The second-order valence-corrected chi connectivity index (χ2v) is 5.47. The van der Waals surface area contributed by atoms with E-state index < -0.39 is 17.4 Å². The largest absolute Gasteiger partial charge is 0.465 e. The van der Waals surface area contributed by atoms with Gasteiger partial charge in [0.2, 0.25) is 0 Å². The monoisotopic (exact) mass is 298 g/mol. The molecule has 0 saturated carbocycles. The van der Waals surface area contributed by atoms with Gasteiger partial charge in [-0.2, -0.15) is 0 Å². The molecule has 0 aliphatic rings. The molecule has 0 spiro atoms. The lowest BCUT2D eigenvalue weighted by molar-refractivity contribution is -0.164. The van der Waals surface area contributed by atoms with Gasteiger partial charge in [0.05, 0.1) is 6.61 Å². The Kier molecular flexibility index (Phi) is 5.57. The van der Waals surface area contributed by atoms with E-state index in [1.807, 2.05) is 6.92 Å². The third-order valence-electron chi connectivity index (χ3n) is 2.80. The first kappa shape index (κ1) is 16.5. The summed E-state index contributed by atoms with van der Waals surface area (Å²) in [5.74, 6) is -0.886. The number of carbonyl (C=O) groups excluding carboxylic acids is 2. The zero-order chi connectivity index (χ0) is 15.3. The van der Waals surface area contributed by atoms with Crippen molar-refractivity contribution >= 4 is 23.5 Å². The van der Waals surface area contributed by atoms with E-state index >= 15 is 0 Å². The number of aryl methyl sites for hydroxylation is 1. The summed E-state index contributed by atoms with van der Waals surface area (Å²) < 4.78 is 10.2. The minimum atomic E-state index is -1.34. The van der Waals surface area contributed by atoms with Crippen LogP contribution in [0.2, 0.25) is 5.02 Å². The molecule has 1 aromatic rings. The fraction of sp³-hybridized carbons (Fsp3) is 0.467. The lowest BCUT2D eigenvalue weighted by Gasteiger charge is -2.20. The van der Waals surface area contributed by atoms with Crippen molar-refractivity contribution in [3.63, 3.8) is 0 Å². The Labute approximate surface area is 124 Å². The predicted octanol–water partition coefficient (Wildman–Crippen LogP) is 3.53. The molecule has 0 aliphatic heterocycles. The van der Waals surface area contributed by atoms with Crippen molar-refractivity contribution in [2.75, 3.05) is 6.61 Å². The molecule has 1 rings (SSSR count). The molecule has 0 N–H and O–H groups in total. The van der Waals surface area contributed by atoms with Gasteiger partial charge in [-0.15, -0.1) is 0 Å². The number of rotatable bonds is 5. The van der Waals surface area contributed by atoms with Crippen LogP contribution in [0.3, 0.4) is 0 Å². The highest BCUT2D eigenvalue weighted by molar-refractivity contribution is 6.31. The summed E-state index contributed by atoms with van der Waals surface area (Å²) in [6.07, 6.45) is 0.702. The van der Waals surface area contributed by atoms with Crippen LogP contribution in [0, 0.1) is 12.3 Å². The molecule has 110 valence electrons. The molecule has 0 aliphatic carbocycles. The number of hydrogen-bond acceptors (Lipinski definition) is 4. The maximum absolute atomic E-state index is 12.1. The molecule has 0 bridgehead atoms. The van der Waals surface area contributed by atoms with Crippen LogP contribution in [0.15, 0.2) is 18.2 Å². The number of halogens is 1. The van der Waals surface area contributed by atoms with Crippen molar-refractivity contribution in [3.05, 3.63) is 28.8 Å². The molecule has 4 nitrogen and oxygen atoms in total. The summed E-state index contributed by atoms with van der Waals surface area (Å²) in [7, 11) is 0. The summed E-state index contributed by atoms with van der Waals surface area (Å²) in [5.41, 5.74) is -0.550. The van der Waals surface area contributed by atoms with Crippen LogP contribution in [-0.2, 0) is 14.3 Å². The minimum absolute atomic E-state index is 0.287. The van der Waals surface area contributed by atoms with Crippen LogP contribution in [0.25, 0.3) is 0 Å². The highest BCUT2D eigenvalue weighted by Crippen LogP contribution is 2.25. The average Bonchev–Trinajstić information content (AvgIpc) is 2.39. The fourth-order valence-electron chi connectivity index (χ4n) is 1.37. The molecular formula is C15H19ClO4. The molecule has 0 atom stereocenters. The summed E-state index contributed by atoms with van der Waals surface area (Å²) in [6.45, 7) is 6.94. The standard InChI is InChI=1S/C15H19ClO4/c1-5-8-19-13(17)15(3,4)14(18)20-11-6-7-12(16)10(2)9-11/h6-7,9H,5,8H2,1-4H3. The molecule has 0 radical (unpaired) electrons. The van der Waals surface area contributed by atoms with E-state index in [9.17, 15) is 9.59 Å². The third-order valence-corrected chi connectivity index (χ3v) is 3.22. The SMILES string of the molecule is CCCOC(=O)C(C)(C)C(=O)Oc1ccc(Cl)c(C)c1. The first-order valence-corrected chi connectivity index (χ1v) is 6.82. The van der Waals surface area contributed by atoms with Gasteiger partial charge in [-0.05, 0) is 51.0 Å². The van der Waals surface area contributed by atoms with E-state index in [4.69, 9.17) is 21.1 Å². The lowest BCUT2D eigenvalue weighted by Crippen LogP contribution is -2.38. The molecule has 0 heterocycles. The first-order chi connectivity index (χ1) is 9.28. The van der Waals surface area contributed by atoms with Crippen molar-refractivity contribution in [1.82, 2.24) is 0 Å². The van der Waals surface area contributed by atoms with Gasteiger partial charge in [-0.1, -0.05) is 18.5 Å². The van der Waals surface area contributed by atoms with Gasteiger partial charge in [0.25, 0.3) is 0 Å². The zero-order valence-electron chi connectivity index (χ0n) is 12.2. The molecule has 0 saturated heterocycles. The number of benzene rings is 1. The fourth-order valence-corrected chi connectivity index (χ4v) is 1.49. The summed E-state index contributed by atoms with van der Waals surface area (Å²) in [4.78, 5) is 23.9. The highest BCUT2D eigenvalue weighted by Gasteiger charge is 2.39. The summed E-state index contributed by atoms with van der Waals surface area (Å²) in [6, 6.07) is 4.87. The second-order valence-electron chi connectivity index (χ2n) is 5.06. The highest BCUT2D eigenvalue weighted by atomic mass is 35.5. The number of carbonyl (C=O) groups is 2. The second kappa shape index (κ2) is 6.75. The van der Waals surface area contributed by atoms with Gasteiger partial charge < -0.3 is 9.47 Å². The van der Waals surface area contributed by atoms with Crippen molar-refractivity contribution in [3.8, 4) is 5.75 Å². The molecular weight excluding hydrogens is 280 g/mol. The number of ether oxygens (including phenoxy) is 2. The van der Waals surface area contributed by atoms with Crippen molar-refractivity contribution < 1.29 is 19.1 Å². The van der Waals surface area contributed by atoms with Crippen LogP contribution < -0.4 is 4.74 Å². The van der Waals surface area contributed by atoms with E-state index in [2.05, 4.69) is 0 Å². The van der Waals surface area contributed by atoms with E-state index in [0.717, 1.165) is 5.56 Å². The van der Waals surface area contributed by atoms with Gasteiger partial charge >= 0.3 is 11.9 Å². The van der Waals surface area contributed by atoms with Crippen LogP contribution in [0.1, 0.15) is 32.8 Å². The Balaban J connectivity index is 2.78. The van der Waals surface area contributed by atoms with Crippen molar-refractivity contribution in [2.45, 2.75) is 34.1 Å². The zero-order valence-corrected chi connectivity index (χ0v) is 12.9. The van der Waals surface area contributed by atoms with Gasteiger partial charge in [0.1, 0.15) is 5.75 Å². The summed E-state index contributed by atoms with van der Waals surface area (Å²) >= 11 is 5.90. The topological polar surface area (TPSA) is 52.6 Å². The Morgan fingerprint density at radius 1 is 1.25 bits per heavy atom. The third kappa shape index (κ3) is 3.97. The Morgan fingerprint density at radius 2 is 1.90 bits per heavy atom.